The van der Waals surface area contributed by atoms with E-state index < -0.39 is 0 Å². The highest BCUT2D eigenvalue weighted by molar-refractivity contribution is 5.47. The Morgan fingerprint density at radius 3 is 2.79 bits per heavy atom. The second kappa shape index (κ2) is 4.49. The summed E-state index contributed by atoms with van der Waals surface area (Å²) in [5.41, 5.74) is 5.32. The average Bonchev–Trinajstić information content (AvgIpc) is 2.81. The van der Waals surface area contributed by atoms with Gasteiger partial charge in [0.1, 0.15) is 0 Å². The molecule has 0 bridgehead atoms. The third kappa shape index (κ3) is 2.19. The maximum absolute atomic E-state index is 4.56. The molecule has 0 unspecified atom stereocenters. The van der Waals surface area contributed by atoms with Crippen LogP contribution in [0, 0.1) is 0 Å². The Hall–Kier alpha value is -1.61. The van der Waals surface area contributed by atoms with Gasteiger partial charge in [0, 0.05) is 25.2 Å². The van der Waals surface area contributed by atoms with E-state index in [1.165, 1.54) is 22.6 Å². The topological polar surface area (TPSA) is 29.9 Å². The minimum atomic E-state index is 0.140. The Morgan fingerprint density at radius 2 is 2.00 bits per heavy atom. The van der Waals surface area contributed by atoms with Gasteiger partial charge in [-0.1, -0.05) is 39.0 Å². The highest BCUT2D eigenvalue weighted by Crippen LogP contribution is 2.30. The summed E-state index contributed by atoms with van der Waals surface area (Å²) in [5, 5.41) is 3.37. The Balaban J connectivity index is 2.15. The first-order valence-electron chi connectivity index (χ1n) is 6.93. The molecule has 0 spiro atoms. The fourth-order valence-electron chi connectivity index (χ4n) is 2.76. The Morgan fingerprint density at radius 1 is 1.21 bits per heavy atom. The van der Waals surface area contributed by atoms with Crippen LogP contribution in [-0.2, 0) is 18.4 Å². The van der Waals surface area contributed by atoms with Crippen LogP contribution in [0.2, 0.25) is 0 Å². The van der Waals surface area contributed by atoms with Crippen LogP contribution >= 0.6 is 0 Å². The van der Waals surface area contributed by atoms with Gasteiger partial charge in [0.2, 0.25) is 0 Å². The first kappa shape index (κ1) is 12.4. The SMILES string of the molecule is CC(C)(C)c1ccccc1-n1cnc2c1CCNC2. The highest BCUT2D eigenvalue weighted by Gasteiger charge is 2.21. The summed E-state index contributed by atoms with van der Waals surface area (Å²) >= 11 is 0. The molecule has 3 nitrogen and oxygen atoms in total. The van der Waals surface area contributed by atoms with E-state index in [2.05, 4.69) is 59.9 Å². The second-order valence-corrected chi connectivity index (χ2v) is 6.20. The Kier molecular flexibility index (Phi) is 2.94. The molecule has 19 heavy (non-hydrogen) atoms. The highest BCUT2D eigenvalue weighted by atomic mass is 15.1. The molecule has 0 amide bonds. The van der Waals surface area contributed by atoms with E-state index in [1.807, 2.05) is 6.33 Å². The second-order valence-electron chi connectivity index (χ2n) is 6.20. The summed E-state index contributed by atoms with van der Waals surface area (Å²) in [6, 6.07) is 8.65. The summed E-state index contributed by atoms with van der Waals surface area (Å²) in [6.07, 6.45) is 3.02. The molecule has 0 saturated carbocycles. The molecule has 1 aromatic heterocycles. The van der Waals surface area contributed by atoms with Crippen molar-refractivity contribution in [3.05, 3.63) is 47.5 Å². The molecule has 0 radical (unpaired) electrons. The van der Waals surface area contributed by atoms with Crippen molar-refractivity contribution in [3.8, 4) is 5.69 Å². The largest absolute Gasteiger partial charge is 0.311 e. The summed E-state index contributed by atoms with van der Waals surface area (Å²) in [7, 11) is 0. The lowest BCUT2D eigenvalue weighted by Gasteiger charge is -2.24. The van der Waals surface area contributed by atoms with Crippen molar-refractivity contribution in [2.75, 3.05) is 6.54 Å². The first-order valence-corrected chi connectivity index (χ1v) is 6.93. The molecular formula is C16H21N3. The van der Waals surface area contributed by atoms with Gasteiger partial charge < -0.3 is 9.88 Å². The molecule has 2 heterocycles. The van der Waals surface area contributed by atoms with E-state index in [4.69, 9.17) is 0 Å². The van der Waals surface area contributed by atoms with Crippen LogP contribution in [0.1, 0.15) is 37.7 Å². The van der Waals surface area contributed by atoms with Crippen LogP contribution in [0.5, 0.6) is 0 Å². The minimum absolute atomic E-state index is 0.140. The number of hydrogen-bond acceptors (Lipinski definition) is 2. The van der Waals surface area contributed by atoms with Gasteiger partial charge >= 0.3 is 0 Å². The average molecular weight is 255 g/mol. The summed E-state index contributed by atoms with van der Waals surface area (Å²) in [6.45, 7) is 8.71. The van der Waals surface area contributed by atoms with E-state index >= 15 is 0 Å². The minimum Gasteiger partial charge on any atom is -0.311 e. The third-order valence-corrected chi connectivity index (χ3v) is 3.76. The fraction of sp³-hybridized carbons (Fsp3) is 0.438. The van der Waals surface area contributed by atoms with Crippen molar-refractivity contribution >= 4 is 0 Å². The van der Waals surface area contributed by atoms with Crippen molar-refractivity contribution in [1.82, 2.24) is 14.9 Å². The smallest absolute Gasteiger partial charge is 0.0998 e. The lowest BCUT2D eigenvalue weighted by Crippen LogP contribution is -2.25. The molecule has 100 valence electrons. The van der Waals surface area contributed by atoms with E-state index in [0.29, 0.717) is 0 Å². The molecule has 0 fully saturated rings. The summed E-state index contributed by atoms with van der Waals surface area (Å²) < 4.78 is 2.27. The first-order chi connectivity index (χ1) is 9.07. The lowest BCUT2D eigenvalue weighted by atomic mass is 9.85. The van der Waals surface area contributed by atoms with Crippen LogP contribution in [-0.4, -0.2) is 16.1 Å². The molecule has 0 aliphatic carbocycles. The number of nitrogens with one attached hydrogen (secondary N) is 1. The van der Waals surface area contributed by atoms with Crippen molar-refractivity contribution < 1.29 is 0 Å². The standard InChI is InChI=1S/C16H21N3/c1-16(2,3)12-6-4-5-7-14(12)19-11-18-13-10-17-9-8-15(13)19/h4-7,11,17H,8-10H2,1-3H3. The van der Waals surface area contributed by atoms with Gasteiger partial charge in [-0.15, -0.1) is 0 Å². The molecule has 3 heteroatoms. The number of imidazole rings is 1. The van der Waals surface area contributed by atoms with E-state index in [0.717, 1.165) is 19.5 Å². The number of fused-ring (bicyclic) bond motifs is 1. The molecule has 1 aliphatic heterocycles. The van der Waals surface area contributed by atoms with Gasteiger partial charge in [0.25, 0.3) is 0 Å². The van der Waals surface area contributed by atoms with Crippen LogP contribution in [0.15, 0.2) is 30.6 Å². The number of aromatic nitrogens is 2. The monoisotopic (exact) mass is 255 g/mol. The van der Waals surface area contributed by atoms with E-state index in [1.54, 1.807) is 0 Å². The predicted octanol–water partition coefficient (Wildman–Crippen LogP) is 2.82. The lowest BCUT2D eigenvalue weighted by molar-refractivity contribution is 0.582. The molecular weight excluding hydrogens is 234 g/mol. The zero-order valence-electron chi connectivity index (χ0n) is 11.9. The van der Waals surface area contributed by atoms with Crippen LogP contribution < -0.4 is 5.32 Å². The van der Waals surface area contributed by atoms with Crippen LogP contribution in [0.3, 0.4) is 0 Å². The fourth-order valence-corrected chi connectivity index (χ4v) is 2.76. The number of rotatable bonds is 1. The Bertz CT molecular complexity index is 590. The van der Waals surface area contributed by atoms with Gasteiger partial charge in [0.15, 0.2) is 0 Å². The molecule has 1 aliphatic rings. The maximum Gasteiger partial charge on any atom is 0.0998 e. The van der Waals surface area contributed by atoms with Gasteiger partial charge in [0.05, 0.1) is 17.7 Å². The molecule has 1 aromatic carbocycles. The zero-order chi connectivity index (χ0) is 13.5. The number of para-hydroxylation sites is 1. The van der Waals surface area contributed by atoms with E-state index in [9.17, 15) is 0 Å². The van der Waals surface area contributed by atoms with Crippen molar-refractivity contribution in [3.63, 3.8) is 0 Å². The van der Waals surface area contributed by atoms with Gasteiger partial charge in [-0.3, -0.25) is 0 Å². The maximum atomic E-state index is 4.56. The Labute approximate surface area is 114 Å². The summed E-state index contributed by atoms with van der Waals surface area (Å²) in [5.74, 6) is 0. The number of nitrogens with zero attached hydrogens (tertiary/aromatic N) is 2. The van der Waals surface area contributed by atoms with E-state index in [-0.39, 0.29) is 5.41 Å². The predicted molar refractivity (Wildman–Crippen MR) is 77.7 cm³/mol. The van der Waals surface area contributed by atoms with Crippen molar-refractivity contribution in [1.29, 1.82) is 0 Å². The molecule has 0 atom stereocenters. The quantitative estimate of drug-likeness (QED) is 0.849. The van der Waals surface area contributed by atoms with Crippen molar-refractivity contribution in [2.24, 2.45) is 0 Å². The van der Waals surface area contributed by atoms with Crippen LogP contribution in [0.4, 0.5) is 0 Å². The van der Waals surface area contributed by atoms with Crippen LogP contribution in [0.25, 0.3) is 5.69 Å². The normalized spacial score (nSPS) is 15.3. The molecule has 2 aromatic rings. The number of benzene rings is 1. The molecule has 1 N–H and O–H groups in total. The summed E-state index contributed by atoms with van der Waals surface area (Å²) in [4.78, 5) is 4.56. The zero-order valence-corrected chi connectivity index (χ0v) is 11.9. The van der Waals surface area contributed by atoms with Crippen molar-refractivity contribution in [2.45, 2.75) is 39.2 Å². The van der Waals surface area contributed by atoms with Gasteiger partial charge in [-0.2, -0.15) is 0 Å². The molecule has 0 saturated heterocycles. The third-order valence-electron chi connectivity index (χ3n) is 3.76. The van der Waals surface area contributed by atoms with Gasteiger partial charge in [-0.25, -0.2) is 4.98 Å². The van der Waals surface area contributed by atoms with Gasteiger partial charge in [-0.05, 0) is 17.0 Å². The molecule has 3 rings (SSSR count). The number of hydrogen-bond donors (Lipinski definition) is 1.